The number of hydrogen-bond acceptors (Lipinski definition) is 8. The second-order valence-electron chi connectivity index (χ2n) is 9.16. The second-order valence-corrected chi connectivity index (χ2v) is 9.16. The highest BCUT2D eigenvalue weighted by Crippen LogP contribution is 2.26. The van der Waals surface area contributed by atoms with Crippen molar-refractivity contribution in [2.24, 2.45) is 5.92 Å². The minimum atomic E-state index is -0.939. The Morgan fingerprint density at radius 1 is 1.00 bits per heavy atom. The molecule has 0 saturated carbocycles. The molecular formula is C26H29NO8. The first-order chi connectivity index (χ1) is 16.5. The first kappa shape index (κ1) is 25.6. The van der Waals surface area contributed by atoms with Gasteiger partial charge in [-0.3, -0.25) is 4.79 Å². The van der Waals surface area contributed by atoms with Gasteiger partial charge in [0.2, 0.25) is 11.2 Å². The van der Waals surface area contributed by atoms with E-state index in [0.717, 1.165) is 0 Å². The van der Waals surface area contributed by atoms with Crippen LogP contribution >= 0.6 is 0 Å². The molecule has 1 amide bonds. The van der Waals surface area contributed by atoms with Crippen LogP contribution in [0.25, 0.3) is 11.0 Å². The van der Waals surface area contributed by atoms with E-state index in [1.807, 2.05) is 0 Å². The quantitative estimate of drug-likeness (QED) is 0.367. The molecular weight excluding hydrogens is 454 g/mol. The summed E-state index contributed by atoms with van der Waals surface area (Å²) < 4.78 is 27.1. The minimum Gasteiger partial charge on any atom is -0.497 e. The fourth-order valence-electron chi connectivity index (χ4n) is 3.13. The summed E-state index contributed by atoms with van der Waals surface area (Å²) in [6, 6.07) is 10.3. The molecule has 0 aliphatic heterocycles. The van der Waals surface area contributed by atoms with E-state index in [1.165, 1.54) is 31.6 Å². The van der Waals surface area contributed by atoms with Crippen molar-refractivity contribution in [2.75, 3.05) is 7.11 Å². The number of ether oxygens (including phenoxy) is 4. The van der Waals surface area contributed by atoms with Crippen LogP contribution in [0.2, 0.25) is 0 Å². The fraction of sp³-hybridized carbons (Fsp3) is 0.346. The van der Waals surface area contributed by atoms with E-state index in [2.05, 4.69) is 5.32 Å². The van der Waals surface area contributed by atoms with Crippen molar-refractivity contribution in [2.45, 2.75) is 46.3 Å². The number of amides is 1. The van der Waals surface area contributed by atoms with Crippen molar-refractivity contribution >= 4 is 23.0 Å². The molecule has 0 unspecified atom stereocenters. The van der Waals surface area contributed by atoms with Gasteiger partial charge in [-0.1, -0.05) is 19.9 Å². The average molecular weight is 484 g/mol. The Hall–Kier alpha value is -4.01. The molecule has 2 aromatic carbocycles. The lowest BCUT2D eigenvalue weighted by atomic mass is 10.1. The largest absolute Gasteiger partial charge is 0.497 e. The van der Waals surface area contributed by atoms with Gasteiger partial charge in [0.25, 0.3) is 0 Å². The number of rotatable bonds is 7. The monoisotopic (exact) mass is 483 g/mol. The topological polar surface area (TPSA) is 113 Å². The molecule has 35 heavy (non-hydrogen) atoms. The van der Waals surface area contributed by atoms with E-state index in [-0.39, 0.29) is 28.4 Å². The molecule has 0 fully saturated rings. The Morgan fingerprint density at radius 2 is 1.71 bits per heavy atom. The highest BCUT2D eigenvalue weighted by atomic mass is 16.6. The number of carbonyl (C=O) groups is 2. The van der Waals surface area contributed by atoms with Gasteiger partial charge >= 0.3 is 12.1 Å². The van der Waals surface area contributed by atoms with Crippen molar-refractivity contribution < 1.29 is 33.0 Å². The molecule has 0 bridgehead atoms. The van der Waals surface area contributed by atoms with Gasteiger partial charge < -0.3 is 28.7 Å². The molecule has 1 heterocycles. The normalized spacial score (nSPS) is 12.2. The maximum atomic E-state index is 12.9. The van der Waals surface area contributed by atoms with Crippen LogP contribution in [0.15, 0.2) is 57.9 Å². The number of esters is 1. The minimum absolute atomic E-state index is 0.00284. The Labute approximate surface area is 202 Å². The van der Waals surface area contributed by atoms with Gasteiger partial charge in [0.05, 0.1) is 12.5 Å². The van der Waals surface area contributed by atoms with Crippen molar-refractivity contribution in [1.82, 2.24) is 5.32 Å². The predicted octanol–water partition coefficient (Wildman–Crippen LogP) is 5.05. The van der Waals surface area contributed by atoms with E-state index in [9.17, 15) is 14.4 Å². The molecule has 0 aliphatic rings. The maximum Gasteiger partial charge on any atom is 0.408 e. The number of methoxy groups -OCH3 is 1. The Bertz CT molecular complexity index is 1270. The second kappa shape index (κ2) is 10.5. The lowest BCUT2D eigenvalue weighted by Gasteiger charge is -2.24. The highest BCUT2D eigenvalue weighted by Gasteiger charge is 2.28. The van der Waals surface area contributed by atoms with Crippen molar-refractivity contribution in [3.63, 3.8) is 0 Å². The molecule has 9 heteroatoms. The maximum absolute atomic E-state index is 12.9. The molecule has 0 radical (unpaired) electrons. The molecule has 1 atom stereocenters. The van der Waals surface area contributed by atoms with Crippen LogP contribution in [0.3, 0.4) is 0 Å². The third-order valence-electron chi connectivity index (χ3n) is 4.79. The van der Waals surface area contributed by atoms with Crippen LogP contribution in [0.4, 0.5) is 4.79 Å². The van der Waals surface area contributed by atoms with Gasteiger partial charge in [-0.2, -0.15) is 0 Å². The number of benzene rings is 2. The Kier molecular flexibility index (Phi) is 7.68. The number of alkyl carbamates (subject to hydrolysis) is 1. The van der Waals surface area contributed by atoms with E-state index in [4.69, 9.17) is 23.4 Å². The molecule has 9 nitrogen and oxygen atoms in total. The zero-order chi connectivity index (χ0) is 25.8. The fourth-order valence-corrected chi connectivity index (χ4v) is 3.13. The van der Waals surface area contributed by atoms with E-state index in [1.54, 1.807) is 58.9 Å². The van der Waals surface area contributed by atoms with E-state index in [0.29, 0.717) is 11.5 Å². The molecule has 1 aromatic heterocycles. The zero-order valence-electron chi connectivity index (χ0n) is 20.5. The SMILES string of the molecule is COc1cccc(Oc2coc3cc(OC(=O)[C@H](NC(=O)OC(C)(C)C)C(C)C)ccc3c2=O)c1. The van der Waals surface area contributed by atoms with Crippen molar-refractivity contribution in [3.05, 3.63) is 59.0 Å². The number of nitrogens with one attached hydrogen (secondary N) is 1. The summed E-state index contributed by atoms with van der Waals surface area (Å²) in [6.45, 7) is 8.72. The lowest BCUT2D eigenvalue weighted by molar-refractivity contribution is -0.137. The summed E-state index contributed by atoms with van der Waals surface area (Å²) in [5.41, 5.74) is -0.890. The lowest BCUT2D eigenvalue weighted by Crippen LogP contribution is -2.48. The Morgan fingerprint density at radius 3 is 2.37 bits per heavy atom. The third-order valence-corrected chi connectivity index (χ3v) is 4.79. The third kappa shape index (κ3) is 6.75. The Balaban J connectivity index is 1.77. The summed E-state index contributed by atoms with van der Waals surface area (Å²) in [6.07, 6.45) is 0.470. The summed E-state index contributed by atoms with van der Waals surface area (Å²) >= 11 is 0. The molecule has 3 aromatic rings. The van der Waals surface area contributed by atoms with Gasteiger partial charge in [0.1, 0.15) is 40.7 Å². The smallest absolute Gasteiger partial charge is 0.408 e. The molecule has 0 saturated heterocycles. The molecule has 0 spiro atoms. The van der Waals surface area contributed by atoms with E-state index < -0.39 is 29.1 Å². The summed E-state index contributed by atoms with van der Waals surface area (Å²) in [5, 5.41) is 2.79. The van der Waals surface area contributed by atoms with E-state index >= 15 is 0 Å². The van der Waals surface area contributed by atoms with Crippen molar-refractivity contribution in [3.8, 4) is 23.0 Å². The number of fused-ring (bicyclic) bond motifs is 1. The van der Waals surface area contributed by atoms with Gasteiger partial charge in [0, 0.05) is 12.1 Å². The van der Waals surface area contributed by atoms with Crippen LogP contribution in [-0.2, 0) is 9.53 Å². The molecule has 3 rings (SSSR count). The summed E-state index contributed by atoms with van der Waals surface area (Å²) in [5.74, 6) is 0.217. The predicted molar refractivity (Wildman–Crippen MR) is 129 cm³/mol. The van der Waals surface area contributed by atoms with Crippen LogP contribution in [0, 0.1) is 5.92 Å². The first-order valence-corrected chi connectivity index (χ1v) is 11.1. The van der Waals surface area contributed by atoms with Crippen molar-refractivity contribution in [1.29, 1.82) is 0 Å². The molecule has 186 valence electrons. The number of carbonyl (C=O) groups excluding carboxylic acids is 2. The van der Waals surface area contributed by atoms with Gasteiger partial charge in [0.15, 0.2) is 0 Å². The van der Waals surface area contributed by atoms with Crippen LogP contribution in [0.5, 0.6) is 23.0 Å². The summed E-state index contributed by atoms with van der Waals surface area (Å²) in [4.78, 5) is 37.8. The zero-order valence-corrected chi connectivity index (χ0v) is 20.5. The highest BCUT2D eigenvalue weighted by molar-refractivity contribution is 5.85. The van der Waals surface area contributed by atoms with Gasteiger partial charge in [-0.05, 0) is 51.0 Å². The molecule has 0 aliphatic carbocycles. The van der Waals surface area contributed by atoms with Gasteiger partial charge in [-0.15, -0.1) is 0 Å². The molecule has 1 N–H and O–H groups in total. The average Bonchev–Trinajstić information content (AvgIpc) is 2.78. The standard InChI is InChI=1S/C26H29NO8/c1-15(2)22(27-25(30)35-26(3,4)5)24(29)34-18-10-11-19-20(13-18)32-14-21(23(19)28)33-17-9-7-8-16(12-17)31-6/h7-15,22H,1-6H3,(H,27,30)/t22-/m1/s1. The van der Waals surface area contributed by atoms with Crippen LogP contribution < -0.4 is 25.0 Å². The first-order valence-electron chi connectivity index (χ1n) is 11.1. The number of hydrogen-bond donors (Lipinski definition) is 1. The van der Waals surface area contributed by atoms with Crippen LogP contribution in [0.1, 0.15) is 34.6 Å². The van der Waals surface area contributed by atoms with Crippen LogP contribution in [-0.4, -0.2) is 30.8 Å². The van der Waals surface area contributed by atoms with Gasteiger partial charge in [-0.25, -0.2) is 9.59 Å². The summed E-state index contributed by atoms with van der Waals surface area (Å²) in [7, 11) is 1.53.